The van der Waals surface area contributed by atoms with Gasteiger partial charge in [0.1, 0.15) is 0 Å². The summed E-state index contributed by atoms with van der Waals surface area (Å²) in [5.41, 5.74) is 1.37. The molecule has 0 unspecified atom stereocenters. The van der Waals surface area contributed by atoms with Gasteiger partial charge in [-0.25, -0.2) is 0 Å². The maximum atomic E-state index is 10.4. The van der Waals surface area contributed by atoms with Crippen LogP contribution in [0.3, 0.4) is 0 Å². The van der Waals surface area contributed by atoms with E-state index < -0.39 is 0 Å². The van der Waals surface area contributed by atoms with E-state index in [0.29, 0.717) is 10.7 Å². The molecule has 0 aliphatic rings. The standard InChI is InChI=1S/C8H8ClNO/c1-6(9)8-4-3-7(5-11)10(8)2/h3-5H,1H2,2H3. The molecule has 0 aliphatic carbocycles. The van der Waals surface area contributed by atoms with Crippen LogP contribution in [-0.2, 0) is 7.05 Å². The lowest BCUT2D eigenvalue weighted by Gasteiger charge is -2.00. The van der Waals surface area contributed by atoms with Crippen molar-refractivity contribution in [2.24, 2.45) is 7.05 Å². The van der Waals surface area contributed by atoms with Gasteiger partial charge in [0.25, 0.3) is 0 Å². The summed E-state index contributed by atoms with van der Waals surface area (Å²) in [6.45, 7) is 3.56. The average molecular weight is 170 g/mol. The van der Waals surface area contributed by atoms with Crippen molar-refractivity contribution in [3.63, 3.8) is 0 Å². The van der Waals surface area contributed by atoms with Crippen LogP contribution in [0.1, 0.15) is 16.2 Å². The molecule has 3 heteroatoms. The van der Waals surface area contributed by atoms with Gasteiger partial charge in [-0.15, -0.1) is 0 Å². The van der Waals surface area contributed by atoms with Crippen molar-refractivity contribution in [2.75, 3.05) is 0 Å². The molecule has 1 rings (SSSR count). The predicted octanol–water partition coefficient (Wildman–Crippen LogP) is 2.05. The number of halogens is 1. The van der Waals surface area contributed by atoms with Gasteiger partial charge < -0.3 is 4.57 Å². The second-order valence-electron chi connectivity index (χ2n) is 2.23. The summed E-state index contributed by atoms with van der Waals surface area (Å²) in [6, 6.07) is 3.47. The zero-order valence-corrected chi connectivity index (χ0v) is 6.93. The van der Waals surface area contributed by atoms with Gasteiger partial charge in [-0.05, 0) is 12.1 Å². The highest BCUT2D eigenvalue weighted by atomic mass is 35.5. The smallest absolute Gasteiger partial charge is 0.166 e. The summed E-state index contributed by atoms with van der Waals surface area (Å²) in [4.78, 5) is 10.4. The fourth-order valence-electron chi connectivity index (χ4n) is 0.918. The molecule has 1 aromatic rings. The van der Waals surface area contributed by atoms with Crippen LogP contribution in [0.25, 0.3) is 5.03 Å². The number of carbonyl (C=O) groups is 1. The minimum absolute atomic E-state index is 0.445. The summed E-state index contributed by atoms with van der Waals surface area (Å²) in [6.07, 6.45) is 0.781. The van der Waals surface area contributed by atoms with E-state index in [1.807, 2.05) is 0 Å². The molecule has 0 saturated heterocycles. The summed E-state index contributed by atoms with van der Waals surface area (Å²) in [7, 11) is 1.77. The van der Waals surface area contributed by atoms with Gasteiger partial charge in [-0.3, -0.25) is 4.79 Å². The first-order valence-electron chi connectivity index (χ1n) is 3.12. The molecular formula is C8H8ClNO. The van der Waals surface area contributed by atoms with Crippen LogP contribution in [0, 0.1) is 0 Å². The molecule has 11 heavy (non-hydrogen) atoms. The number of aldehydes is 1. The third-order valence-electron chi connectivity index (χ3n) is 1.56. The van der Waals surface area contributed by atoms with Gasteiger partial charge in [0, 0.05) is 7.05 Å². The quantitative estimate of drug-likeness (QED) is 0.621. The Balaban J connectivity index is 3.20. The zero-order valence-electron chi connectivity index (χ0n) is 6.17. The van der Waals surface area contributed by atoms with Crippen LogP contribution in [0.2, 0.25) is 0 Å². The summed E-state index contributed by atoms with van der Waals surface area (Å²) in [5.74, 6) is 0. The first-order valence-corrected chi connectivity index (χ1v) is 3.50. The van der Waals surface area contributed by atoms with E-state index >= 15 is 0 Å². The molecule has 0 aromatic carbocycles. The second-order valence-corrected chi connectivity index (χ2v) is 2.68. The van der Waals surface area contributed by atoms with Gasteiger partial charge in [0.2, 0.25) is 0 Å². The average Bonchev–Trinajstić information content (AvgIpc) is 2.30. The SMILES string of the molecule is C=C(Cl)c1ccc(C=O)n1C. The van der Waals surface area contributed by atoms with Gasteiger partial charge in [-0.2, -0.15) is 0 Å². The Morgan fingerprint density at radius 3 is 2.64 bits per heavy atom. The minimum Gasteiger partial charge on any atom is -0.341 e. The molecule has 0 fully saturated rings. The highest BCUT2D eigenvalue weighted by molar-refractivity contribution is 6.48. The number of aromatic nitrogens is 1. The lowest BCUT2D eigenvalue weighted by atomic mass is 10.4. The van der Waals surface area contributed by atoms with Crippen molar-refractivity contribution >= 4 is 22.9 Å². The Labute approximate surface area is 70.1 Å². The van der Waals surface area contributed by atoms with Crippen molar-refractivity contribution in [1.29, 1.82) is 0 Å². The Morgan fingerprint density at radius 2 is 2.36 bits per heavy atom. The summed E-state index contributed by atoms with van der Waals surface area (Å²) >= 11 is 5.65. The molecule has 0 saturated carbocycles. The number of rotatable bonds is 2. The van der Waals surface area contributed by atoms with Crippen molar-refractivity contribution in [1.82, 2.24) is 4.57 Å². The van der Waals surface area contributed by atoms with E-state index in [9.17, 15) is 4.79 Å². The van der Waals surface area contributed by atoms with Gasteiger partial charge in [0.15, 0.2) is 6.29 Å². The van der Waals surface area contributed by atoms with Gasteiger partial charge >= 0.3 is 0 Å². The molecule has 1 aromatic heterocycles. The highest BCUT2D eigenvalue weighted by Crippen LogP contribution is 2.17. The van der Waals surface area contributed by atoms with E-state index in [1.54, 1.807) is 23.7 Å². The van der Waals surface area contributed by atoms with Crippen LogP contribution in [0.15, 0.2) is 18.7 Å². The second kappa shape index (κ2) is 2.93. The van der Waals surface area contributed by atoms with E-state index in [1.165, 1.54) is 0 Å². The van der Waals surface area contributed by atoms with Crippen molar-refractivity contribution in [3.8, 4) is 0 Å². The molecule has 0 amide bonds. The minimum atomic E-state index is 0.445. The lowest BCUT2D eigenvalue weighted by Crippen LogP contribution is -1.97. The molecule has 2 nitrogen and oxygen atoms in total. The van der Waals surface area contributed by atoms with Crippen LogP contribution in [0.4, 0.5) is 0 Å². The Kier molecular flexibility index (Phi) is 2.15. The molecule has 0 radical (unpaired) electrons. The van der Waals surface area contributed by atoms with E-state index in [0.717, 1.165) is 12.0 Å². The molecule has 0 spiro atoms. The van der Waals surface area contributed by atoms with Crippen molar-refractivity contribution in [2.45, 2.75) is 0 Å². The number of hydrogen-bond donors (Lipinski definition) is 0. The molecule has 0 bridgehead atoms. The van der Waals surface area contributed by atoms with E-state index in [4.69, 9.17) is 11.6 Å². The number of carbonyl (C=O) groups excluding carboxylic acids is 1. The van der Waals surface area contributed by atoms with Crippen LogP contribution in [0.5, 0.6) is 0 Å². The normalized spacial score (nSPS) is 9.64. The largest absolute Gasteiger partial charge is 0.341 e. The van der Waals surface area contributed by atoms with Crippen LogP contribution < -0.4 is 0 Å². The Bertz CT molecular complexity index is 301. The summed E-state index contributed by atoms with van der Waals surface area (Å²) in [5, 5.41) is 0.445. The van der Waals surface area contributed by atoms with Gasteiger partial charge in [0.05, 0.1) is 16.4 Å². The molecule has 1 heterocycles. The fourth-order valence-corrected chi connectivity index (χ4v) is 1.11. The summed E-state index contributed by atoms with van der Waals surface area (Å²) < 4.78 is 1.70. The molecule has 0 atom stereocenters. The third-order valence-corrected chi connectivity index (χ3v) is 1.75. The van der Waals surface area contributed by atoms with Crippen molar-refractivity contribution < 1.29 is 4.79 Å². The number of hydrogen-bond acceptors (Lipinski definition) is 1. The maximum Gasteiger partial charge on any atom is 0.166 e. The first-order chi connectivity index (χ1) is 5.16. The monoisotopic (exact) mass is 169 g/mol. The van der Waals surface area contributed by atoms with Crippen LogP contribution >= 0.6 is 11.6 Å². The van der Waals surface area contributed by atoms with Gasteiger partial charge in [-0.1, -0.05) is 18.2 Å². The first kappa shape index (κ1) is 8.08. The van der Waals surface area contributed by atoms with E-state index in [-0.39, 0.29) is 0 Å². The fraction of sp³-hybridized carbons (Fsp3) is 0.125. The molecule has 58 valence electrons. The highest BCUT2D eigenvalue weighted by Gasteiger charge is 2.03. The molecular weight excluding hydrogens is 162 g/mol. The zero-order chi connectivity index (χ0) is 8.43. The third kappa shape index (κ3) is 1.35. The molecule has 0 N–H and O–H groups in total. The predicted molar refractivity (Wildman–Crippen MR) is 45.7 cm³/mol. The lowest BCUT2D eigenvalue weighted by molar-refractivity contribution is 0.111. The van der Waals surface area contributed by atoms with E-state index in [2.05, 4.69) is 6.58 Å². The Hall–Kier alpha value is -1.02. The topological polar surface area (TPSA) is 22.0 Å². The van der Waals surface area contributed by atoms with Crippen LogP contribution in [-0.4, -0.2) is 10.9 Å². The Morgan fingerprint density at radius 1 is 1.73 bits per heavy atom. The molecule has 0 aliphatic heterocycles. The number of nitrogens with zero attached hydrogens (tertiary/aromatic N) is 1. The maximum absolute atomic E-state index is 10.4. The van der Waals surface area contributed by atoms with Crippen molar-refractivity contribution in [3.05, 3.63) is 30.1 Å².